The number of hydrogen-bond acceptors (Lipinski definition) is 2. The highest BCUT2D eigenvalue weighted by Crippen LogP contribution is 2.24. The molecule has 0 saturated heterocycles. The first-order valence-electron chi connectivity index (χ1n) is 7.42. The molecule has 0 aliphatic heterocycles. The van der Waals surface area contributed by atoms with Crippen LogP contribution in [0.1, 0.15) is 44.2 Å². The summed E-state index contributed by atoms with van der Waals surface area (Å²) < 4.78 is 0. The van der Waals surface area contributed by atoms with E-state index in [0.717, 1.165) is 24.8 Å². The van der Waals surface area contributed by atoms with E-state index < -0.39 is 11.9 Å². The van der Waals surface area contributed by atoms with E-state index in [1.54, 1.807) is 0 Å². The summed E-state index contributed by atoms with van der Waals surface area (Å²) >= 11 is 0. The van der Waals surface area contributed by atoms with E-state index >= 15 is 0 Å². The number of carbonyl (C=O) groups is 2. The number of rotatable bonds is 4. The third-order valence-corrected chi connectivity index (χ3v) is 4.05. The fourth-order valence-electron chi connectivity index (χ4n) is 2.83. The van der Waals surface area contributed by atoms with Gasteiger partial charge < -0.3 is 15.7 Å². The highest BCUT2D eigenvalue weighted by Gasteiger charge is 2.31. The summed E-state index contributed by atoms with van der Waals surface area (Å²) in [5.74, 6) is -1.30. The number of nitrogens with one attached hydrogen (secondary N) is 2. The summed E-state index contributed by atoms with van der Waals surface area (Å²) in [4.78, 5) is 23.3. The van der Waals surface area contributed by atoms with Gasteiger partial charge in [0.05, 0.1) is 12.0 Å². The summed E-state index contributed by atoms with van der Waals surface area (Å²) in [7, 11) is 0. The summed E-state index contributed by atoms with van der Waals surface area (Å²) in [5, 5.41) is 14.9. The Balaban J connectivity index is 1.90. The average molecular weight is 290 g/mol. The Morgan fingerprint density at radius 2 is 1.86 bits per heavy atom. The van der Waals surface area contributed by atoms with Crippen molar-refractivity contribution in [3.05, 3.63) is 35.9 Å². The van der Waals surface area contributed by atoms with Crippen molar-refractivity contribution in [3.63, 3.8) is 0 Å². The lowest BCUT2D eigenvalue weighted by molar-refractivity contribution is -0.143. The Morgan fingerprint density at radius 1 is 1.19 bits per heavy atom. The predicted octanol–water partition coefficient (Wildman–Crippen LogP) is 2.69. The zero-order valence-corrected chi connectivity index (χ0v) is 12.2. The third-order valence-electron chi connectivity index (χ3n) is 4.05. The minimum atomic E-state index is -0.823. The normalized spacial score (nSPS) is 23.1. The third kappa shape index (κ3) is 4.21. The number of amides is 2. The molecule has 5 nitrogen and oxygen atoms in total. The van der Waals surface area contributed by atoms with Crippen molar-refractivity contribution in [2.24, 2.45) is 5.92 Å². The number of carboxylic acids is 1. The lowest BCUT2D eigenvalue weighted by Crippen LogP contribution is -2.49. The average Bonchev–Trinajstić information content (AvgIpc) is 2.48. The molecule has 1 aromatic rings. The van der Waals surface area contributed by atoms with E-state index in [1.807, 2.05) is 37.3 Å². The molecule has 1 aliphatic carbocycles. The zero-order chi connectivity index (χ0) is 15.2. The van der Waals surface area contributed by atoms with E-state index in [4.69, 9.17) is 0 Å². The van der Waals surface area contributed by atoms with Gasteiger partial charge in [0.1, 0.15) is 0 Å². The van der Waals surface area contributed by atoms with Crippen molar-refractivity contribution in [2.45, 2.75) is 44.7 Å². The molecule has 3 unspecified atom stereocenters. The molecule has 114 valence electrons. The van der Waals surface area contributed by atoms with Gasteiger partial charge >= 0.3 is 12.0 Å². The van der Waals surface area contributed by atoms with Crippen LogP contribution >= 0.6 is 0 Å². The monoisotopic (exact) mass is 290 g/mol. The van der Waals surface area contributed by atoms with Gasteiger partial charge in [0.15, 0.2) is 0 Å². The first kappa shape index (κ1) is 15.4. The maximum Gasteiger partial charge on any atom is 0.315 e. The van der Waals surface area contributed by atoms with Crippen molar-refractivity contribution < 1.29 is 14.7 Å². The van der Waals surface area contributed by atoms with Crippen LogP contribution in [0.2, 0.25) is 0 Å². The van der Waals surface area contributed by atoms with Gasteiger partial charge in [-0.25, -0.2) is 4.79 Å². The fourth-order valence-corrected chi connectivity index (χ4v) is 2.83. The smallest absolute Gasteiger partial charge is 0.315 e. The van der Waals surface area contributed by atoms with Crippen molar-refractivity contribution in [2.75, 3.05) is 0 Å². The van der Waals surface area contributed by atoms with Crippen LogP contribution < -0.4 is 10.6 Å². The second-order valence-electron chi connectivity index (χ2n) is 5.59. The quantitative estimate of drug-likeness (QED) is 0.797. The molecule has 0 heterocycles. The number of carboxylic acid groups (broad SMARTS) is 1. The molecule has 1 fully saturated rings. The van der Waals surface area contributed by atoms with Crippen molar-refractivity contribution in [3.8, 4) is 0 Å². The van der Waals surface area contributed by atoms with Gasteiger partial charge in [0, 0.05) is 6.04 Å². The van der Waals surface area contributed by atoms with Crippen LogP contribution in [0.3, 0.4) is 0 Å². The van der Waals surface area contributed by atoms with Crippen LogP contribution in [0.5, 0.6) is 0 Å². The van der Waals surface area contributed by atoms with Crippen molar-refractivity contribution >= 4 is 12.0 Å². The van der Waals surface area contributed by atoms with Crippen LogP contribution in [0.4, 0.5) is 4.79 Å². The van der Waals surface area contributed by atoms with Gasteiger partial charge in [-0.2, -0.15) is 0 Å². The minimum absolute atomic E-state index is 0.113. The second-order valence-corrected chi connectivity index (χ2v) is 5.59. The molecule has 1 aliphatic rings. The van der Waals surface area contributed by atoms with E-state index in [-0.39, 0.29) is 18.1 Å². The number of hydrogen-bond donors (Lipinski definition) is 3. The summed E-state index contributed by atoms with van der Waals surface area (Å²) in [6.07, 6.45) is 3.23. The van der Waals surface area contributed by atoms with E-state index in [2.05, 4.69) is 10.6 Å². The molecule has 0 radical (unpaired) electrons. The van der Waals surface area contributed by atoms with Gasteiger partial charge in [-0.3, -0.25) is 4.79 Å². The van der Waals surface area contributed by atoms with Gasteiger partial charge in [0.25, 0.3) is 0 Å². The minimum Gasteiger partial charge on any atom is -0.481 e. The number of aliphatic carboxylic acids is 1. The van der Waals surface area contributed by atoms with Crippen LogP contribution in [0.25, 0.3) is 0 Å². The lowest BCUT2D eigenvalue weighted by Gasteiger charge is -2.29. The van der Waals surface area contributed by atoms with Gasteiger partial charge in [-0.05, 0) is 25.3 Å². The van der Waals surface area contributed by atoms with Crippen LogP contribution in [0.15, 0.2) is 30.3 Å². The maximum absolute atomic E-state index is 12.0. The van der Waals surface area contributed by atoms with E-state index in [0.29, 0.717) is 6.42 Å². The number of urea groups is 1. The predicted molar refractivity (Wildman–Crippen MR) is 79.9 cm³/mol. The standard InChI is InChI=1S/C16H22N2O3/c1-11(12-7-3-2-4-8-12)17-16(21)18-14-10-6-5-9-13(14)15(19)20/h2-4,7-8,11,13-14H,5-6,9-10H2,1H3,(H,19,20)(H2,17,18,21). The van der Waals surface area contributed by atoms with Gasteiger partial charge in [-0.1, -0.05) is 43.2 Å². The van der Waals surface area contributed by atoms with Gasteiger partial charge in [-0.15, -0.1) is 0 Å². The second kappa shape index (κ2) is 7.11. The highest BCUT2D eigenvalue weighted by molar-refractivity contribution is 5.77. The number of carbonyl (C=O) groups excluding carboxylic acids is 1. The Labute approximate surface area is 124 Å². The molecule has 0 spiro atoms. The molecule has 5 heteroatoms. The largest absolute Gasteiger partial charge is 0.481 e. The summed E-state index contributed by atoms with van der Waals surface area (Å²) in [5.41, 5.74) is 1.02. The number of benzene rings is 1. The van der Waals surface area contributed by atoms with E-state index in [9.17, 15) is 14.7 Å². The molecule has 2 amide bonds. The Kier molecular flexibility index (Phi) is 5.20. The van der Waals surface area contributed by atoms with Crippen LogP contribution in [-0.4, -0.2) is 23.1 Å². The molecule has 2 rings (SSSR count). The zero-order valence-electron chi connectivity index (χ0n) is 12.2. The topological polar surface area (TPSA) is 78.4 Å². The summed E-state index contributed by atoms with van der Waals surface area (Å²) in [6.45, 7) is 1.91. The summed E-state index contributed by atoms with van der Waals surface area (Å²) in [6, 6.07) is 8.98. The molecule has 0 bridgehead atoms. The van der Waals surface area contributed by atoms with E-state index in [1.165, 1.54) is 0 Å². The van der Waals surface area contributed by atoms with Crippen LogP contribution in [0, 0.1) is 5.92 Å². The Bertz CT molecular complexity index is 490. The van der Waals surface area contributed by atoms with Crippen molar-refractivity contribution in [1.82, 2.24) is 10.6 Å². The molecule has 21 heavy (non-hydrogen) atoms. The SMILES string of the molecule is CC(NC(=O)NC1CCCCC1C(=O)O)c1ccccc1. The van der Waals surface area contributed by atoms with Gasteiger partial charge in [0.2, 0.25) is 0 Å². The maximum atomic E-state index is 12.0. The molecular weight excluding hydrogens is 268 g/mol. The first-order chi connectivity index (χ1) is 10.1. The molecule has 1 saturated carbocycles. The molecule has 0 aromatic heterocycles. The Morgan fingerprint density at radius 3 is 2.52 bits per heavy atom. The lowest BCUT2D eigenvalue weighted by atomic mass is 9.84. The first-order valence-corrected chi connectivity index (χ1v) is 7.42. The molecule has 3 N–H and O–H groups in total. The molecule has 1 aromatic carbocycles. The van der Waals surface area contributed by atoms with Crippen molar-refractivity contribution in [1.29, 1.82) is 0 Å². The highest BCUT2D eigenvalue weighted by atomic mass is 16.4. The molecule has 3 atom stereocenters. The molecular formula is C16H22N2O3. The fraction of sp³-hybridized carbons (Fsp3) is 0.500. The Hall–Kier alpha value is -2.04. The van der Waals surface area contributed by atoms with Crippen LogP contribution in [-0.2, 0) is 4.79 Å².